The molecule has 0 spiro atoms. The molecule has 0 aromatic carbocycles. The van der Waals surface area contributed by atoms with Gasteiger partial charge in [0, 0.05) is 11.8 Å². The van der Waals surface area contributed by atoms with E-state index in [0.717, 1.165) is 5.56 Å². The third kappa shape index (κ3) is 2.63. The summed E-state index contributed by atoms with van der Waals surface area (Å²) in [5, 5.41) is 0.617. The number of H-pyrrole nitrogens is 1. The van der Waals surface area contributed by atoms with E-state index in [2.05, 4.69) is 37.5 Å². The first-order chi connectivity index (χ1) is 6.27. The number of hydrogen-bond acceptors (Lipinski definition) is 2. The summed E-state index contributed by atoms with van der Waals surface area (Å²) in [4.78, 5) is 13.8. The number of nitrogens with one attached hydrogen (secondary N) is 1. The largest absolute Gasteiger partial charge is 0.464 e. The lowest BCUT2D eigenvalue weighted by molar-refractivity contribution is 0.0595. The molecule has 68 valence electrons. The van der Waals surface area contributed by atoms with Gasteiger partial charge in [-0.2, -0.15) is 0 Å². The van der Waals surface area contributed by atoms with Crippen LogP contribution in [-0.4, -0.2) is 23.4 Å². The van der Waals surface area contributed by atoms with Crippen molar-refractivity contribution in [3.05, 3.63) is 23.5 Å². The zero-order valence-corrected chi connectivity index (χ0v) is 8.64. The molecule has 0 saturated carbocycles. The average molecular weight is 242 g/mol. The average Bonchev–Trinajstić information content (AvgIpc) is 2.62. The van der Waals surface area contributed by atoms with E-state index >= 15 is 0 Å². The van der Waals surface area contributed by atoms with E-state index in [1.54, 1.807) is 12.3 Å². The first kappa shape index (κ1) is 9.87. The number of esters is 1. The Labute approximate surface area is 84.6 Å². The Balaban J connectivity index is 2.80. The van der Waals surface area contributed by atoms with Gasteiger partial charge >= 0.3 is 5.97 Å². The van der Waals surface area contributed by atoms with Crippen molar-refractivity contribution in [1.82, 2.24) is 4.98 Å². The van der Waals surface area contributed by atoms with Crippen molar-refractivity contribution in [1.29, 1.82) is 0 Å². The molecular formula is C9H8BrNO2. The van der Waals surface area contributed by atoms with E-state index in [1.807, 2.05) is 0 Å². The number of methoxy groups -OCH3 is 1. The molecule has 1 rings (SSSR count). The van der Waals surface area contributed by atoms with Crippen molar-refractivity contribution >= 4 is 21.9 Å². The maximum absolute atomic E-state index is 11.0. The number of aromatic nitrogens is 1. The molecule has 13 heavy (non-hydrogen) atoms. The normalized spacial score (nSPS) is 8.77. The lowest BCUT2D eigenvalue weighted by Gasteiger charge is -1.91. The van der Waals surface area contributed by atoms with Crippen LogP contribution in [0.2, 0.25) is 0 Å². The van der Waals surface area contributed by atoms with Crippen molar-refractivity contribution < 1.29 is 9.53 Å². The van der Waals surface area contributed by atoms with E-state index in [9.17, 15) is 4.79 Å². The molecule has 0 fully saturated rings. The van der Waals surface area contributed by atoms with Gasteiger partial charge in [-0.05, 0) is 6.07 Å². The lowest BCUT2D eigenvalue weighted by Crippen LogP contribution is -2.00. The smallest absolute Gasteiger partial charge is 0.354 e. The third-order valence-corrected chi connectivity index (χ3v) is 1.67. The minimum absolute atomic E-state index is 0.383. The molecule has 0 aliphatic carbocycles. The molecule has 0 radical (unpaired) electrons. The predicted octanol–water partition coefficient (Wildman–Crippen LogP) is 1.55. The highest BCUT2D eigenvalue weighted by molar-refractivity contribution is 9.09. The highest BCUT2D eigenvalue weighted by Crippen LogP contribution is 2.02. The van der Waals surface area contributed by atoms with Crippen LogP contribution in [-0.2, 0) is 4.74 Å². The van der Waals surface area contributed by atoms with E-state index in [-0.39, 0.29) is 5.97 Å². The van der Waals surface area contributed by atoms with Crippen molar-refractivity contribution in [3.8, 4) is 11.8 Å². The van der Waals surface area contributed by atoms with Crippen molar-refractivity contribution in [2.75, 3.05) is 12.4 Å². The third-order valence-electron chi connectivity index (χ3n) is 1.39. The van der Waals surface area contributed by atoms with Crippen LogP contribution in [0.4, 0.5) is 0 Å². The van der Waals surface area contributed by atoms with E-state index in [1.165, 1.54) is 7.11 Å². The van der Waals surface area contributed by atoms with Gasteiger partial charge in [0.05, 0.1) is 12.4 Å². The molecule has 0 aliphatic rings. The number of halogens is 1. The predicted molar refractivity (Wildman–Crippen MR) is 52.8 cm³/mol. The van der Waals surface area contributed by atoms with Crippen LogP contribution in [0.3, 0.4) is 0 Å². The van der Waals surface area contributed by atoms with Crippen LogP contribution in [0.25, 0.3) is 0 Å². The van der Waals surface area contributed by atoms with Crippen LogP contribution >= 0.6 is 15.9 Å². The second-order valence-electron chi connectivity index (χ2n) is 2.23. The second kappa shape index (κ2) is 4.73. The molecule has 1 aromatic heterocycles. The number of carbonyl (C=O) groups is 1. The van der Waals surface area contributed by atoms with Crippen molar-refractivity contribution in [2.45, 2.75) is 0 Å². The summed E-state index contributed by atoms with van der Waals surface area (Å²) in [5.74, 6) is 5.30. The molecule has 0 unspecified atom stereocenters. The quantitative estimate of drug-likeness (QED) is 0.461. The molecule has 0 atom stereocenters. The monoisotopic (exact) mass is 241 g/mol. The zero-order chi connectivity index (χ0) is 9.68. The summed E-state index contributed by atoms with van der Waals surface area (Å²) >= 11 is 3.18. The molecule has 4 heteroatoms. The van der Waals surface area contributed by atoms with Crippen LogP contribution in [0.15, 0.2) is 12.3 Å². The molecule has 0 aliphatic heterocycles. The molecule has 1 heterocycles. The summed E-state index contributed by atoms with van der Waals surface area (Å²) < 4.78 is 4.53. The number of ether oxygens (including phenoxy) is 1. The van der Waals surface area contributed by atoms with Crippen LogP contribution < -0.4 is 0 Å². The number of carbonyl (C=O) groups excluding carboxylic acids is 1. The molecule has 0 bridgehead atoms. The Morgan fingerprint density at radius 2 is 2.54 bits per heavy atom. The lowest BCUT2D eigenvalue weighted by atomic mass is 10.3. The van der Waals surface area contributed by atoms with Crippen molar-refractivity contribution in [3.63, 3.8) is 0 Å². The maximum Gasteiger partial charge on any atom is 0.354 e. The summed E-state index contributed by atoms with van der Waals surface area (Å²) in [5.41, 5.74) is 1.20. The van der Waals surface area contributed by atoms with Gasteiger partial charge < -0.3 is 9.72 Å². The van der Waals surface area contributed by atoms with Gasteiger partial charge in [0.1, 0.15) is 5.69 Å². The number of alkyl halides is 1. The van der Waals surface area contributed by atoms with Gasteiger partial charge in [-0.25, -0.2) is 4.79 Å². The Kier molecular flexibility index (Phi) is 3.59. The Hall–Kier alpha value is -1.21. The SMILES string of the molecule is COC(=O)c1cc(C#CCBr)c[nH]1. The van der Waals surface area contributed by atoms with E-state index in [4.69, 9.17) is 0 Å². The number of aromatic amines is 1. The molecule has 0 saturated heterocycles. The standard InChI is InChI=1S/C9H8BrNO2/c1-13-9(12)8-5-7(6-11-8)3-2-4-10/h5-6,11H,4H2,1H3. The van der Waals surface area contributed by atoms with Gasteiger partial charge in [0.15, 0.2) is 0 Å². The van der Waals surface area contributed by atoms with Gasteiger partial charge in [0.25, 0.3) is 0 Å². The van der Waals surface area contributed by atoms with Gasteiger partial charge in [-0.3, -0.25) is 0 Å². The fourth-order valence-electron chi connectivity index (χ4n) is 0.830. The second-order valence-corrected chi connectivity index (χ2v) is 2.79. The first-order valence-corrected chi connectivity index (χ1v) is 4.71. The van der Waals surface area contributed by atoms with Gasteiger partial charge in [0.2, 0.25) is 0 Å². The fraction of sp³-hybridized carbons (Fsp3) is 0.222. The topological polar surface area (TPSA) is 42.1 Å². The molecule has 1 N–H and O–H groups in total. The Bertz CT molecular complexity index is 359. The first-order valence-electron chi connectivity index (χ1n) is 3.59. The summed E-state index contributed by atoms with van der Waals surface area (Å²) in [6.45, 7) is 0. The fourth-order valence-corrected chi connectivity index (χ4v) is 0.970. The summed E-state index contributed by atoms with van der Waals surface area (Å²) in [6, 6.07) is 1.65. The number of rotatable bonds is 1. The Morgan fingerprint density at radius 3 is 3.15 bits per heavy atom. The Morgan fingerprint density at radius 1 is 1.77 bits per heavy atom. The minimum atomic E-state index is -0.383. The van der Waals surface area contributed by atoms with E-state index < -0.39 is 0 Å². The number of hydrogen-bond donors (Lipinski definition) is 1. The molecular weight excluding hydrogens is 234 g/mol. The summed E-state index contributed by atoms with van der Waals surface area (Å²) in [7, 11) is 1.34. The van der Waals surface area contributed by atoms with Crippen molar-refractivity contribution in [2.24, 2.45) is 0 Å². The van der Waals surface area contributed by atoms with Gasteiger partial charge in [-0.15, -0.1) is 0 Å². The zero-order valence-electron chi connectivity index (χ0n) is 7.06. The van der Waals surface area contributed by atoms with Gasteiger partial charge in [-0.1, -0.05) is 27.8 Å². The van der Waals surface area contributed by atoms with Crippen LogP contribution in [0.5, 0.6) is 0 Å². The van der Waals surface area contributed by atoms with Crippen LogP contribution in [0.1, 0.15) is 16.1 Å². The molecule has 0 amide bonds. The maximum atomic E-state index is 11.0. The highest BCUT2D eigenvalue weighted by Gasteiger charge is 2.06. The highest BCUT2D eigenvalue weighted by atomic mass is 79.9. The minimum Gasteiger partial charge on any atom is -0.464 e. The molecule has 1 aromatic rings. The summed E-state index contributed by atoms with van der Waals surface area (Å²) in [6.07, 6.45) is 1.67. The van der Waals surface area contributed by atoms with Crippen LogP contribution in [0, 0.1) is 11.8 Å². The van der Waals surface area contributed by atoms with E-state index in [0.29, 0.717) is 11.0 Å². The molecule has 3 nitrogen and oxygen atoms in total.